The molecule has 18 heavy (non-hydrogen) atoms. The van der Waals surface area contributed by atoms with Gasteiger partial charge < -0.3 is 11.1 Å². The lowest BCUT2D eigenvalue weighted by Gasteiger charge is -2.26. The van der Waals surface area contributed by atoms with E-state index in [1.54, 1.807) is 32.0 Å². The van der Waals surface area contributed by atoms with Crippen LogP contribution in [-0.4, -0.2) is 26.8 Å². The number of rotatable bonds is 5. The summed E-state index contributed by atoms with van der Waals surface area (Å²) in [7, 11) is -3.25. The van der Waals surface area contributed by atoms with Gasteiger partial charge in [0.1, 0.15) is 0 Å². The first kappa shape index (κ1) is 15.1. The second kappa shape index (κ2) is 5.34. The van der Waals surface area contributed by atoms with Gasteiger partial charge >= 0.3 is 0 Å². The molecule has 0 spiro atoms. The topological polar surface area (TPSA) is 84.2 Å². The maximum absolute atomic E-state index is 11.2. The quantitative estimate of drug-likeness (QED) is 0.721. The van der Waals surface area contributed by atoms with Gasteiger partial charge in [0.05, 0.1) is 22.7 Å². The van der Waals surface area contributed by atoms with Crippen molar-refractivity contribution in [1.29, 1.82) is 0 Å². The van der Waals surface area contributed by atoms with Crippen LogP contribution in [0, 0.1) is 0 Å². The van der Waals surface area contributed by atoms with E-state index < -0.39 is 15.6 Å². The zero-order valence-corrected chi connectivity index (χ0v) is 12.2. The van der Waals surface area contributed by atoms with E-state index in [1.807, 2.05) is 0 Å². The number of sulfonamides is 1. The average molecular weight is 292 g/mol. The summed E-state index contributed by atoms with van der Waals surface area (Å²) in [6.07, 6.45) is 1.13. The van der Waals surface area contributed by atoms with Crippen LogP contribution in [0.1, 0.15) is 13.8 Å². The summed E-state index contributed by atoms with van der Waals surface area (Å²) in [5.74, 6) is 0. The van der Waals surface area contributed by atoms with Crippen LogP contribution in [0.2, 0.25) is 5.02 Å². The molecule has 0 heterocycles. The SMILES string of the molecule is CC(C)(CNc1cccc(Cl)c1N)NS(C)(=O)=O. The molecule has 0 bridgehead atoms. The van der Waals surface area contributed by atoms with E-state index >= 15 is 0 Å². The lowest BCUT2D eigenvalue weighted by molar-refractivity contribution is 0.476. The second-order valence-corrected chi connectivity index (χ2v) is 6.97. The zero-order valence-electron chi connectivity index (χ0n) is 10.6. The highest BCUT2D eigenvalue weighted by atomic mass is 35.5. The van der Waals surface area contributed by atoms with Crippen molar-refractivity contribution in [1.82, 2.24) is 4.72 Å². The molecular formula is C11H18ClN3O2S. The van der Waals surface area contributed by atoms with Crippen molar-refractivity contribution in [2.45, 2.75) is 19.4 Å². The van der Waals surface area contributed by atoms with E-state index in [1.165, 1.54) is 0 Å². The molecule has 4 N–H and O–H groups in total. The molecule has 0 radical (unpaired) electrons. The fraction of sp³-hybridized carbons (Fsp3) is 0.455. The van der Waals surface area contributed by atoms with Crippen LogP contribution >= 0.6 is 11.6 Å². The molecule has 1 aromatic carbocycles. The van der Waals surface area contributed by atoms with Crippen LogP contribution in [0.15, 0.2) is 18.2 Å². The first-order valence-electron chi connectivity index (χ1n) is 5.37. The van der Waals surface area contributed by atoms with E-state index in [4.69, 9.17) is 17.3 Å². The van der Waals surface area contributed by atoms with E-state index in [-0.39, 0.29) is 0 Å². The molecule has 0 aliphatic heterocycles. The monoisotopic (exact) mass is 291 g/mol. The highest BCUT2D eigenvalue weighted by Crippen LogP contribution is 2.27. The van der Waals surface area contributed by atoms with Gasteiger partial charge in [0, 0.05) is 12.1 Å². The van der Waals surface area contributed by atoms with Crippen LogP contribution in [0.3, 0.4) is 0 Å². The van der Waals surface area contributed by atoms with Gasteiger partial charge in [-0.3, -0.25) is 0 Å². The maximum atomic E-state index is 11.2. The van der Waals surface area contributed by atoms with Crippen molar-refractivity contribution in [2.75, 3.05) is 23.9 Å². The number of hydrogen-bond donors (Lipinski definition) is 3. The van der Waals surface area contributed by atoms with E-state index in [9.17, 15) is 8.42 Å². The molecule has 0 fully saturated rings. The van der Waals surface area contributed by atoms with Gasteiger partial charge in [0.25, 0.3) is 0 Å². The van der Waals surface area contributed by atoms with Crippen molar-refractivity contribution >= 4 is 33.0 Å². The van der Waals surface area contributed by atoms with Gasteiger partial charge in [-0.05, 0) is 26.0 Å². The summed E-state index contributed by atoms with van der Waals surface area (Å²) in [5, 5.41) is 3.55. The third kappa shape index (κ3) is 4.72. The van der Waals surface area contributed by atoms with Gasteiger partial charge in [0.2, 0.25) is 10.0 Å². The fourth-order valence-corrected chi connectivity index (χ4v) is 2.80. The Labute approximate surface area is 113 Å². The molecular weight excluding hydrogens is 274 g/mol. The smallest absolute Gasteiger partial charge is 0.209 e. The van der Waals surface area contributed by atoms with Crippen LogP contribution in [-0.2, 0) is 10.0 Å². The number of anilines is 2. The first-order valence-corrected chi connectivity index (χ1v) is 7.64. The Morgan fingerprint density at radius 2 is 2.00 bits per heavy atom. The molecule has 0 amide bonds. The summed E-state index contributed by atoms with van der Waals surface area (Å²) < 4.78 is 24.9. The minimum absolute atomic E-state index is 0.393. The highest BCUT2D eigenvalue weighted by molar-refractivity contribution is 7.88. The van der Waals surface area contributed by atoms with Crippen LogP contribution in [0.5, 0.6) is 0 Å². The van der Waals surface area contributed by atoms with Crippen LogP contribution < -0.4 is 15.8 Å². The van der Waals surface area contributed by atoms with Gasteiger partial charge in [-0.25, -0.2) is 13.1 Å². The van der Waals surface area contributed by atoms with E-state index in [0.29, 0.717) is 22.9 Å². The summed E-state index contributed by atoms with van der Waals surface area (Å²) in [6, 6.07) is 5.26. The van der Waals surface area contributed by atoms with Crippen LogP contribution in [0.25, 0.3) is 0 Å². The standard InChI is InChI=1S/C11H18ClN3O2S/c1-11(2,15-18(3,16)17)7-14-9-6-4-5-8(12)10(9)13/h4-6,14-15H,7,13H2,1-3H3. The Kier molecular flexibility index (Phi) is 4.47. The highest BCUT2D eigenvalue weighted by Gasteiger charge is 2.22. The van der Waals surface area contributed by atoms with Gasteiger partial charge in [-0.1, -0.05) is 17.7 Å². The molecule has 5 nitrogen and oxygen atoms in total. The van der Waals surface area contributed by atoms with Crippen molar-refractivity contribution in [3.05, 3.63) is 23.2 Å². The predicted octanol–water partition coefficient (Wildman–Crippen LogP) is 1.66. The third-order valence-corrected chi connectivity index (χ3v) is 3.49. The number of benzene rings is 1. The normalized spacial score (nSPS) is 12.4. The number of halogens is 1. The molecule has 0 aliphatic carbocycles. The lowest BCUT2D eigenvalue weighted by Crippen LogP contribution is -2.47. The van der Waals surface area contributed by atoms with Crippen LogP contribution in [0.4, 0.5) is 11.4 Å². The van der Waals surface area contributed by atoms with Crippen molar-refractivity contribution in [2.24, 2.45) is 0 Å². The van der Waals surface area contributed by atoms with Crippen molar-refractivity contribution in [3.63, 3.8) is 0 Å². The molecule has 0 aliphatic rings. The minimum atomic E-state index is -3.25. The predicted molar refractivity (Wildman–Crippen MR) is 76.4 cm³/mol. The summed E-state index contributed by atoms with van der Waals surface area (Å²) in [4.78, 5) is 0. The Morgan fingerprint density at radius 3 is 2.56 bits per heavy atom. The molecule has 0 aromatic heterocycles. The molecule has 102 valence electrons. The van der Waals surface area contributed by atoms with E-state index in [0.717, 1.165) is 6.26 Å². The Balaban J connectivity index is 2.73. The van der Waals surface area contributed by atoms with Crippen molar-refractivity contribution in [3.8, 4) is 0 Å². The summed E-state index contributed by atoms with van der Waals surface area (Å²) >= 11 is 5.89. The van der Waals surface area contributed by atoms with Gasteiger partial charge in [-0.15, -0.1) is 0 Å². The van der Waals surface area contributed by atoms with Gasteiger partial charge in [0.15, 0.2) is 0 Å². The number of nitrogens with two attached hydrogens (primary N) is 1. The fourth-order valence-electron chi connectivity index (χ4n) is 1.55. The lowest BCUT2D eigenvalue weighted by atomic mass is 10.1. The zero-order chi connectivity index (χ0) is 14.0. The number of para-hydroxylation sites is 1. The molecule has 0 atom stereocenters. The molecule has 0 saturated heterocycles. The second-order valence-electron chi connectivity index (χ2n) is 4.81. The van der Waals surface area contributed by atoms with Crippen molar-refractivity contribution < 1.29 is 8.42 Å². The average Bonchev–Trinajstić information content (AvgIpc) is 2.17. The van der Waals surface area contributed by atoms with E-state index in [2.05, 4.69) is 10.0 Å². The third-order valence-electron chi connectivity index (χ3n) is 2.24. The Morgan fingerprint density at radius 1 is 1.39 bits per heavy atom. The Bertz CT molecular complexity index is 529. The number of nitrogen functional groups attached to an aromatic ring is 1. The number of nitrogens with one attached hydrogen (secondary N) is 2. The first-order chi connectivity index (χ1) is 8.11. The molecule has 1 rings (SSSR count). The summed E-state index contributed by atoms with van der Waals surface area (Å²) in [5.41, 5.74) is 6.32. The molecule has 0 saturated carbocycles. The number of hydrogen-bond acceptors (Lipinski definition) is 4. The van der Waals surface area contributed by atoms with Gasteiger partial charge in [-0.2, -0.15) is 0 Å². The maximum Gasteiger partial charge on any atom is 0.209 e. The molecule has 7 heteroatoms. The largest absolute Gasteiger partial charge is 0.396 e. The molecule has 1 aromatic rings. The Hall–Kier alpha value is -0.980. The molecule has 0 unspecified atom stereocenters. The summed E-state index contributed by atoms with van der Waals surface area (Å²) in [6.45, 7) is 3.95. The minimum Gasteiger partial charge on any atom is -0.396 e.